The van der Waals surface area contributed by atoms with Crippen molar-refractivity contribution < 1.29 is 27.5 Å². The van der Waals surface area contributed by atoms with Crippen LogP contribution < -0.4 is 15.4 Å². The number of nitrogens with one attached hydrogen (secondary N) is 2. The van der Waals surface area contributed by atoms with Gasteiger partial charge in [0, 0.05) is 5.56 Å². The molecule has 34 heavy (non-hydrogen) atoms. The highest BCUT2D eigenvalue weighted by Gasteiger charge is 2.31. The molecule has 7 nitrogen and oxygen atoms in total. The van der Waals surface area contributed by atoms with Gasteiger partial charge in [-0.15, -0.1) is 10.2 Å². The molecule has 0 atom stereocenters. The molecule has 2 N–H and O–H groups in total. The highest BCUT2D eigenvalue weighted by atomic mass is 35.5. The smallest absolute Gasteiger partial charge is 0.416 e. The molecule has 0 saturated heterocycles. The van der Waals surface area contributed by atoms with E-state index in [1.54, 1.807) is 24.3 Å². The van der Waals surface area contributed by atoms with Crippen LogP contribution in [0.4, 0.5) is 24.0 Å². The Bertz CT molecular complexity index is 1170. The van der Waals surface area contributed by atoms with E-state index in [0.717, 1.165) is 41.3 Å². The van der Waals surface area contributed by atoms with Gasteiger partial charge in [-0.25, -0.2) is 0 Å². The maximum atomic E-state index is 12.9. The minimum absolute atomic E-state index is 0.0149. The molecular formula is C21H18ClF3N4O3S2. The predicted molar refractivity (Wildman–Crippen MR) is 126 cm³/mol. The average Bonchev–Trinajstić information content (AvgIpc) is 3.20. The molecule has 2 amide bonds. The van der Waals surface area contributed by atoms with Crippen LogP contribution in [0.2, 0.25) is 5.02 Å². The molecule has 0 saturated carbocycles. The van der Waals surface area contributed by atoms with Gasteiger partial charge in [0.15, 0.2) is 4.34 Å². The van der Waals surface area contributed by atoms with Crippen LogP contribution in [0.15, 0.2) is 46.8 Å². The monoisotopic (exact) mass is 530 g/mol. The molecule has 0 fully saturated rings. The Morgan fingerprint density at radius 1 is 1.12 bits per heavy atom. The number of thioether (sulfide) groups is 1. The summed E-state index contributed by atoms with van der Waals surface area (Å²) in [7, 11) is 0. The van der Waals surface area contributed by atoms with Crippen LogP contribution in [-0.2, 0) is 11.0 Å². The van der Waals surface area contributed by atoms with Gasteiger partial charge in [-0.2, -0.15) is 13.2 Å². The zero-order valence-corrected chi connectivity index (χ0v) is 20.2. The fraction of sp³-hybridized carbons (Fsp3) is 0.238. The molecule has 180 valence electrons. The number of hydrogen-bond acceptors (Lipinski definition) is 7. The first-order chi connectivity index (χ1) is 16.0. The number of amides is 2. The fourth-order valence-corrected chi connectivity index (χ4v) is 4.27. The lowest BCUT2D eigenvalue weighted by molar-refractivity contribution is -0.137. The van der Waals surface area contributed by atoms with Crippen LogP contribution in [0.5, 0.6) is 5.75 Å². The molecule has 1 aromatic heterocycles. The summed E-state index contributed by atoms with van der Waals surface area (Å²) >= 11 is 7.95. The van der Waals surface area contributed by atoms with Crippen molar-refractivity contribution >= 4 is 57.3 Å². The first kappa shape index (κ1) is 25.8. The van der Waals surface area contributed by atoms with Gasteiger partial charge in [0.05, 0.1) is 28.1 Å². The summed E-state index contributed by atoms with van der Waals surface area (Å²) in [5, 5.41) is 13.0. The Morgan fingerprint density at radius 2 is 1.82 bits per heavy atom. The molecule has 1 heterocycles. The van der Waals surface area contributed by atoms with E-state index in [-0.39, 0.29) is 33.6 Å². The Balaban J connectivity index is 1.53. The summed E-state index contributed by atoms with van der Waals surface area (Å²) in [6, 6.07) is 9.28. The second kappa shape index (κ2) is 11.1. The van der Waals surface area contributed by atoms with Crippen LogP contribution in [-0.4, -0.2) is 33.9 Å². The Labute approximate surface area is 206 Å². The van der Waals surface area contributed by atoms with Crippen LogP contribution in [0.1, 0.15) is 29.8 Å². The first-order valence-electron chi connectivity index (χ1n) is 9.72. The molecule has 0 aliphatic carbocycles. The number of benzene rings is 2. The van der Waals surface area contributed by atoms with E-state index in [1.807, 2.05) is 13.8 Å². The predicted octanol–water partition coefficient (Wildman–Crippen LogP) is 5.98. The zero-order valence-electron chi connectivity index (χ0n) is 17.8. The number of hydrogen-bond donors (Lipinski definition) is 2. The minimum Gasteiger partial charge on any atom is -0.491 e. The molecule has 0 aliphatic heterocycles. The molecule has 13 heteroatoms. The lowest BCUT2D eigenvalue weighted by atomic mass is 10.2. The van der Waals surface area contributed by atoms with Crippen molar-refractivity contribution in [2.45, 2.75) is 30.5 Å². The van der Waals surface area contributed by atoms with Gasteiger partial charge in [0.2, 0.25) is 11.0 Å². The molecule has 0 spiro atoms. The Morgan fingerprint density at radius 3 is 2.47 bits per heavy atom. The van der Waals surface area contributed by atoms with E-state index >= 15 is 0 Å². The van der Waals surface area contributed by atoms with E-state index in [2.05, 4.69) is 20.8 Å². The van der Waals surface area contributed by atoms with Gasteiger partial charge in [-0.3, -0.25) is 14.9 Å². The Kier molecular flexibility index (Phi) is 8.39. The molecule has 3 aromatic rings. The highest BCUT2D eigenvalue weighted by molar-refractivity contribution is 8.01. The number of rotatable bonds is 8. The van der Waals surface area contributed by atoms with Gasteiger partial charge in [0.25, 0.3) is 5.91 Å². The van der Waals surface area contributed by atoms with Gasteiger partial charge >= 0.3 is 6.18 Å². The van der Waals surface area contributed by atoms with Crippen molar-refractivity contribution in [2.24, 2.45) is 0 Å². The minimum atomic E-state index is -4.56. The largest absolute Gasteiger partial charge is 0.491 e. The topological polar surface area (TPSA) is 93.2 Å². The summed E-state index contributed by atoms with van der Waals surface area (Å²) in [4.78, 5) is 24.5. The van der Waals surface area contributed by atoms with Crippen molar-refractivity contribution in [3.63, 3.8) is 0 Å². The third-order valence-corrected chi connectivity index (χ3v) is 6.31. The van der Waals surface area contributed by atoms with E-state index in [1.165, 1.54) is 0 Å². The van der Waals surface area contributed by atoms with Crippen LogP contribution in [0.25, 0.3) is 0 Å². The number of halogens is 4. The molecule has 3 rings (SSSR count). The number of aromatic nitrogens is 2. The Hall–Kier alpha value is -2.83. The number of carbonyl (C=O) groups excluding carboxylic acids is 2. The average molecular weight is 531 g/mol. The summed E-state index contributed by atoms with van der Waals surface area (Å²) in [5.74, 6) is -0.464. The summed E-state index contributed by atoms with van der Waals surface area (Å²) < 4.78 is 44.5. The third-order valence-electron chi connectivity index (χ3n) is 4.01. The number of anilines is 2. The van der Waals surface area contributed by atoms with Gasteiger partial charge in [-0.05, 0) is 56.3 Å². The number of nitrogens with zero attached hydrogens (tertiary/aromatic N) is 2. The van der Waals surface area contributed by atoms with Crippen molar-refractivity contribution in [3.8, 4) is 5.75 Å². The van der Waals surface area contributed by atoms with E-state index in [9.17, 15) is 22.8 Å². The number of carbonyl (C=O) groups is 2. The molecule has 0 aliphatic rings. The highest BCUT2D eigenvalue weighted by Crippen LogP contribution is 2.34. The van der Waals surface area contributed by atoms with Crippen LogP contribution in [0, 0.1) is 0 Å². The molecular weight excluding hydrogens is 513 g/mol. The van der Waals surface area contributed by atoms with Crippen molar-refractivity contribution in [1.82, 2.24) is 10.2 Å². The van der Waals surface area contributed by atoms with Crippen LogP contribution >= 0.6 is 34.7 Å². The van der Waals surface area contributed by atoms with Gasteiger partial charge in [-0.1, -0.05) is 34.7 Å². The summed E-state index contributed by atoms with van der Waals surface area (Å²) in [6.45, 7) is 3.80. The molecule has 0 unspecified atom stereocenters. The SMILES string of the molecule is CC(C)Oc1ccc(C(=O)Nc2nnc(SCC(=O)Nc3cc(C(F)(F)F)ccc3Cl)s2)cc1. The number of alkyl halides is 3. The van der Waals surface area contributed by atoms with E-state index in [0.29, 0.717) is 15.7 Å². The first-order valence-corrected chi connectivity index (χ1v) is 11.9. The molecule has 2 aromatic carbocycles. The maximum Gasteiger partial charge on any atom is 0.416 e. The summed E-state index contributed by atoms with van der Waals surface area (Å²) in [6.07, 6.45) is -4.54. The van der Waals surface area contributed by atoms with Crippen molar-refractivity contribution in [1.29, 1.82) is 0 Å². The maximum absolute atomic E-state index is 12.9. The molecule has 0 bridgehead atoms. The fourth-order valence-electron chi connectivity index (χ4n) is 2.56. The second-order valence-corrected chi connectivity index (χ2v) is 9.65. The lowest BCUT2D eigenvalue weighted by Crippen LogP contribution is -2.15. The lowest BCUT2D eigenvalue weighted by Gasteiger charge is -2.11. The number of ether oxygens (including phenoxy) is 1. The van der Waals surface area contributed by atoms with E-state index in [4.69, 9.17) is 16.3 Å². The third kappa shape index (κ3) is 7.34. The van der Waals surface area contributed by atoms with Crippen molar-refractivity contribution in [3.05, 3.63) is 58.6 Å². The van der Waals surface area contributed by atoms with Crippen molar-refractivity contribution in [2.75, 3.05) is 16.4 Å². The molecule has 0 radical (unpaired) electrons. The van der Waals surface area contributed by atoms with Gasteiger partial charge < -0.3 is 10.1 Å². The zero-order chi connectivity index (χ0) is 24.9. The normalized spacial score (nSPS) is 11.4. The van der Waals surface area contributed by atoms with Gasteiger partial charge in [0.1, 0.15) is 5.75 Å². The standard InChI is InChI=1S/C21H18ClF3N4O3S2/c1-11(2)32-14-6-3-12(4-7-14)18(31)27-19-28-29-20(34-19)33-10-17(30)26-16-9-13(21(23,24)25)5-8-15(16)22/h3-9,11H,10H2,1-2H3,(H,26,30)(H,27,28,31). The van der Waals surface area contributed by atoms with E-state index < -0.39 is 17.6 Å². The van der Waals surface area contributed by atoms with Crippen LogP contribution in [0.3, 0.4) is 0 Å². The summed E-state index contributed by atoms with van der Waals surface area (Å²) in [5.41, 5.74) is -0.665. The second-order valence-electron chi connectivity index (χ2n) is 7.05. The quantitative estimate of drug-likeness (QED) is 0.275.